The van der Waals surface area contributed by atoms with Crippen LogP contribution in [0, 0.1) is 5.92 Å². The second-order valence-corrected chi connectivity index (χ2v) is 7.56. The van der Waals surface area contributed by atoms with Gasteiger partial charge in [0.05, 0.1) is 17.2 Å². The zero-order valence-electron chi connectivity index (χ0n) is 13.7. The van der Waals surface area contributed by atoms with E-state index in [-0.39, 0.29) is 6.10 Å². The van der Waals surface area contributed by atoms with Gasteiger partial charge in [0.2, 0.25) is 11.8 Å². The molecule has 24 heavy (non-hydrogen) atoms. The summed E-state index contributed by atoms with van der Waals surface area (Å²) < 4.78 is 6.57. The summed E-state index contributed by atoms with van der Waals surface area (Å²) >= 11 is 3.41. The molecule has 2 N–H and O–H groups in total. The molecule has 1 aromatic rings. The van der Waals surface area contributed by atoms with E-state index in [1.807, 2.05) is 0 Å². The van der Waals surface area contributed by atoms with E-state index in [9.17, 15) is 4.79 Å². The van der Waals surface area contributed by atoms with Gasteiger partial charge in [-0.15, -0.1) is 0 Å². The van der Waals surface area contributed by atoms with Crippen LogP contribution in [0.2, 0.25) is 0 Å². The quantitative estimate of drug-likeness (QED) is 0.808. The van der Waals surface area contributed by atoms with Crippen molar-refractivity contribution in [2.24, 2.45) is 5.92 Å². The molecule has 0 spiro atoms. The van der Waals surface area contributed by atoms with Gasteiger partial charge < -0.3 is 20.1 Å². The number of halogens is 1. The first-order valence-electron chi connectivity index (χ1n) is 8.45. The van der Waals surface area contributed by atoms with E-state index in [0.29, 0.717) is 41.9 Å². The number of nitrogens with zero attached hydrogens (tertiary/aromatic N) is 3. The van der Waals surface area contributed by atoms with Gasteiger partial charge in [-0.2, -0.15) is 4.98 Å². The smallest absolute Gasteiger partial charge is 0.407 e. The molecule has 2 heterocycles. The molecule has 2 fully saturated rings. The fourth-order valence-electron chi connectivity index (χ4n) is 3.25. The normalized spacial score (nSPS) is 27.1. The standard InChI is InChI=1S/C16H23BrN4O3/c1-10-2-4-11(5-3-10)19-15-18-8-13(17)14(20-15)24-12-6-7-21(9-12)16(22)23/h8,10-12H,2-7,9H2,1H3,(H,22,23)(H,18,19,20)/t10-,11-,12?. The highest BCUT2D eigenvalue weighted by molar-refractivity contribution is 9.10. The van der Waals surface area contributed by atoms with Crippen molar-refractivity contribution >= 4 is 28.0 Å². The molecule has 1 aliphatic carbocycles. The fourth-order valence-corrected chi connectivity index (χ4v) is 3.53. The van der Waals surface area contributed by atoms with Crippen LogP contribution in [0.4, 0.5) is 10.7 Å². The molecule has 0 bridgehead atoms. The molecule has 8 heteroatoms. The number of nitrogens with one attached hydrogen (secondary N) is 1. The number of amides is 1. The van der Waals surface area contributed by atoms with E-state index < -0.39 is 6.09 Å². The van der Waals surface area contributed by atoms with E-state index in [4.69, 9.17) is 9.84 Å². The first-order valence-corrected chi connectivity index (χ1v) is 9.24. The topological polar surface area (TPSA) is 87.6 Å². The molecule has 1 aromatic heterocycles. The predicted octanol–water partition coefficient (Wildman–Crippen LogP) is 3.36. The first-order chi connectivity index (χ1) is 11.5. The Hall–Kier alpha value is -1.57. The highest BCUT2D eigenvalue weighted by Crippen LogP contribution is 2.28. The van der Waals surface area contributed by atoms with E-state index in [2.05, 4.69) is 38.1 Å². The van der Waals surface area contributed by atoms with E-state index in [0.717, 1.165) is 18.8 Å². The van der Waals surface area contributed by atoms with E-state index >= 15 is 0 Å². The van der Waals surface area contributed by atoms with Crippen molar-refractivity contribution < 1.29 is 14.6 Å². The highest BCUT2D eigenvalue weighted by Gasteiger charge is 2.28. The minimum atomic E-state index is -0.906. The van der Waals surface area contributed by atoms with Gasteiger partial charge >= 0.3 is 6.09 Å². The largest absolute Gasteiger partial charge is 0.471 e. The van der Waals surface area contributed by atoms with Crippen LogP contribution >= 0.6 is 15.9 Å². The lowest BCUT2D eigenvalue weighted by molar-refractivity contribution is 0.144. The maximum atomic E-state index is 11.0. The Morgan fingerprint density at radius 3 is 2.79 bits per heavy atom. The van der Waals surface area contributed by atoms with Gasteiger partial charge in [-0.05, 0) is 47.5 Å². The monoisotopic (exact) mass is 398 g/mol. The Balaban J connectivity index is 1.61. The molecular formula is C16H23BrN4O3. The van der Waals surface area contributed by atoms with Crippen LogP contribution in [-0.2, 0) is 0 Å². The first kappa shape index (κ1) is 17.3. The minimum absolute atomic E-state index is 0.171. The third kappa shape index (κ3) is 4.28. The summed E-state index contributed by atoms with van der Waals surface area (Å²) in [6.45, 7) is 3.16. The van der Waals surface area contributed by atoms with Crippen molar-refractivity contribution in [2.75, 3.05) is 18.4 Å². The number of carboxylic acid groups (broad SMARTS) is 1. The van der Waals surface area contributed by atoms with Crippen molar-refractivity contribution in [3.8, 4) is 5.88 Å². The summed E-state index contributed by atoms with van der Waals surface area (Å²) in [7, 11) is 0. The van der Waals surface area contributed by atoms with Crippen LogP contribution in [0.3, 0.4) is 0 Å². The van der Waals surface area contributed by atoms with E-state index in [1.165, 1.54) is 17.7 Å². The number of anilines is 1. The summed E-state index contributed by atoms with van der Waals surface area (Å²) in [4.78, 5) is 21.1. The summed E-state index contributed by atoms with van der Waals surface area (Å²) in [6.07, 6.45) is 5.99. The van der Waals surface area contributed by atoms with Gasteiger partial charge in [-0.1, -0.05) is 6.92 Å². The van der Waals surface area contributed by atoms with Crippen LogP contribution < -0.4 is 10.1 Å². The molecule has 2 aliphatic rings. The SMILES string of the molecule is C[C@H]1CC[C@H](Nc2ncc(Br)c(OC3CCN(C(=O)O)C3)n2)CC1. The Kier molecular flexibility index (Phi) is 5.43. The molecule has 1 atom stereocenters. The number of aromatic nitrogens is 2. The third-order valence-electron chi connectivity index (χ3n) is 4.75. The number of carbonyl (C=O) groups is 1. The Morgan fingerprint density at radius 2 is 2.12 bits per heavy atom. The summed E-state index contributed by atoms with van der Waals surface area (Å²) in [5, 5.41) is 12.4. The van der Waals surface area contributed by atoms with Gasteiger partial charge in [0.1, 0.15) is 6.10 Å². The van der Waals surface area contributed by atoms with Crippen molar-refractivity contribution in [2.45, 2.75) is 51.2 Å². The van der Waals surface area contributed by atoms with Gasteiger partial charge in [0.15, 0.2) is 0 Å². The zero-order chi connectivity index (χ0) is 17.1. The van der Waals surface area contributed by atoms with Gasteiger partial charge in [0, 0.05) is 19.0 Å². The van der Waals surface area contributed by atoms with Crippen LogP contribution in [-0.4, -0.2) is 51.3 Å². The van der Waals surface area contributed by atoms with Crippen molar-refractivity contribution in [1.29, 1.82) is 0 Å². The fraction of sp³-hybridized carbons (Fsp3) is 0.688. The second-order valence-electron chi connectivity index (χ2n) is 6.70. The lowest BCUT2D eigenvalue weighted by Crippen LogP contribution is -2.29. The molecular weight excluding hydrogens is 376 g/mol. The van der Waals surface area contributed by atoms with Gasteiger partial charge in [-0.3, -0.25) is 0 Å². The maximum Gasteiger partial charge on any atom is 0.407 e. The Morgan fingerprint density at radius 1 is 1.38 bits per heavy atom. The average Bonchev–Trinajstić information content (AvgIpc) is 3.02. The summed E-state index contributed by atoms with van der Waals surface area (Å²) in [6, 6.07) is 0.407. The Bertz CT molecular complexity index is 593. The molecule has 0 aromatic carbocycles. The van der Waals surface area contributed by atoms with Crippen molar-refractivity contribution in [3.05, 3.63) is 10.7 Å². The van der Waals surface area contributed by atoms with Gasteiger partial charge in [-0.25, -0.2) is 9.78 Å². The number of ether oxygens (including phenoxy) is 1. The minimum Gasteiger partial charge on any atom is -0.471 e. The third-order valence-corrected chi connectivity index (χ3v) is 5.30. The predicted molar refractivity (Wildman–Crippen MR) is 93.4 cm³/mol. The molecule has 1 unspecified atom stereocenters. The molecule has 1 saturated heterocycles. The molecule has 1 saturated carbocycles. The van der Waals surface area contributed by atoms with E-state index in [1.54, 1.807) is 6.20 Å². The molecule has 132 valence electrons. The molecule has 7 nitrogen and oxygen atoms in total. The average molecular weight is 399 g/mol. The van der Waals surface area contributed by atoms with Crippen LogP contribution in [0.5, 0.6) is 5.88 Å². The zero-order valence-corrected chi connectivity index (χ0v) is 15.3. The van der Waals surface area contributed by atoms with Crippen LogP contribution in [0.15, 0.2) is 10.7 Å². The maximum absolute atomic E-state index is 11.0. The van der Waals surface area contributed by atoms with Crippen LogP contribution in [0.25, 0.3) is 0 Å². The molecule has 1 amide bonds. The number of likely N-dealkylation sites (tertiary alicyclic amines) is 1. The lowest BCUT2D eigenvalue weighted by atomic mass is 9.87. The second kappa shape index (κ2) is 7.55. The molecule has 3 rings (SSSR count). The van der Waals surface area contributed by atoms with Gasteiger partial charge in [0.25, 0.3) is 0 Å². The van der Waals surface area contributed by atoms with Crippen molar-refractivity contribution in [1.82, 2.24) is 14.9 Å². The molecule has 1 aliphatic heterocycles. The highest BCUT2D eigenvalue weighted by atomic mass is 79.9. The summed E-state index contributed by atoms with van der Waals surface area (Å²) in [5.41, 5.74) is 0. The van der Waals surface area contributed by atoms with Crippen LogP contribution in [0.1, 0.15) is 39.0 Å². The number of hydrogen-bond acceptors (Lipinski definition) is 5. The number of hydrogen-bond donors (Lipinski definition) is 2. The Labute approximate surface area is 149 Å². The van der Waals surface area contributed by atoms with Crippen molar-refractivity contribution in [3.63, 3.8) is 0 Å². The molecule has 0 radical (unpaired) electrons. The lowest BCUT2D eigenvalue weighted by Gasteiger charge is -2.27. The number of rotatable bonds is 4. The summed E-state index contributed by atoms with van der Waals surface area (Å²) in [5.74, 6) is 1.84.